The molecule has 2 atom stereocenters. The van der Waals surface area contributed by atoms with Gasteiger partial charge in [-0.05, 0) is 46.7 Å². The van der Waals surface area contributed by atoms with Crippen molar-refractivity contribution in [1.29, 1.82) is 0 Å². The molecular formula is C13H24N2O4. The van der Waals surface area contributed by atoms with Gasteiger partial charge in [-0.3, -0.25) is 4.79 Å². The van der Waals surface area contributed by atoms with Crippen LogP contribution in [0.5, 0.6) is 0 Å². The van der Waals surface area contributed by atoms with E-state index in [9.17, 15) is 9.59 Å². The van der Waals surface area contributed by atoms with Gasteiger partial charge in [-0.25, -0.2) is 4.79 Å². The number of hydrogen-bond acceptors (Lipinski definition) is 4. The van der Waals surface area contributed by atoms with Gasteiger partial charge in [-0.1, -0.05) is 0 Å². The third kappa shape index (κ3) is 5.92. The molecule has 110 valence electrons. The molecule has 0 aromatic heterocycles. The van der Waals surface area contributed by atoms with Crippen LogP contribution in [0.25, 0.3) is 0 Å². The molecule has 2 N–H and O–H groups in total. The molecule has 6 heteroatoms. The molecular weight excluding hydrogens is 248 g/mol. The Morgan fingerprint density at radius 3 is 2.58 bits per heavy atom. The Kier molecular flexibility index (Phi) is 5.17. The van der Waals surface area contributed by atoms with Crippen LogP contribution in [-0.4, -0.2) is 53.8 Å². The Bertz CT molecular complexity index is 338. The molecule has 6 nitrogen and oxygen atoms in total. The standard InChI is InChI=1S/C13H24N2O4/c1-13(2,3)19-12(18)14-10-8-15(4)6-5-9(10)7-11(16)17/h9-10H,5-8H2,1-4H3,(H,14,18)(H,16,17). The topological polar surface area (TPSA) is 78.9 Å². The maximum atomic E-state index is 11.8. The lowest BCUT2D eigenvalue weighted by molar-refractivity contribution is -0.138. The van der Waals surface area contributed by atoms with Crippen LogP contribution < -0.4 is 5.32 Å². The summed E-state index contributed by atoms with van der Waals surface area (Å²) in [6.07, 6.45) is 0.362. The second-order valence-electron chi connectivity index (χ2n) is 6.16. The van der Waals surface area contributed by atoms with Crippen molar-refractivity contribution in [2.45, 2.75) is 45.3 Å². The van der Waals surface area contributed by atoms with Gasteiger partial charge in [0.05, 0.1) is 6.42 Å². The lowest BCUT2D eigenvalue weighted by atomic mass is 9.89. The van der Waals surface area contributed by atoms with Gasteiger partial charge < -0.3 is 20.1 Å². The largest absolute Gasteiger partial charge is 0.481 e. The molecule has 0 spiro atoms. The Hall–Kier alpha value is -1.30. The summed E-state index contributed by atoms with van der Waals surface area (Å²) in [7, 11) is 1.96. The van der Waals surface area contributed by atoms with E-state index in [-0.39, 0.29) is 18.4 Å². The van der Waals surface area contributed by atoms with Gasteiger partial charge in [0, 0.05) is 12.6 Å². The van der Waals surface area contributed by atoms with Crippen molar-refractivity contribution in [3.8, 4) is 0 Å². The fourth-order valence-corrected chi connectivity index (χ4v) is 2.25. The lowest BCUT2D eigenvalue weighted by Crippen LogP contribution is -2.52. The molecule has 0 aromatic carbocycles. The van der Waals surface area contributed by atoms with Crippen LogP contribution in [0.3, 0.4) is 0 Å². The average molecular weight is 272 g/mol. The SMILES string of the molecule is CN1CCC(CC(=O)O)C(NC(=O)OC(C)(C)C)C1. The Morgan fingerprint density at radius 1 is 1.42 bits per heavy atom. The number of aliphatic carboxylic acids is 1. The first-order chi connectivity index (χ1) is 8.67. The zero-order valence-electron chi connectivity index (χ0n) is 12.1. The molecule has 1 fully saturated rings. The highest BCUT2D eigenvalue weighted by Crippen LogP contribution is 2.21. The van der Waals surface area contributed by atoms with E-state index in [0.29, 0.717) is 6.54 Å². The fourth-order valence-electron chi connectivity index (χ4n) is 2.25. The number of nitrogens with one attached hydrogen (secondary N) is 1. The van der Waals surface area contributed by atoms with Crippen molar-refractivity contribution in [1.82, 2.24) is 10.2 Å². The van der Waals surface area contributed by atoms with Gasteiger partial charge in [-0.2, -0.15) is 0 Å². The van der Waals surface area contributed by atoms with Gasteiger partial charge in [0.15, 0.2) is 0 Å². The minimum Gasteiger partial charge on any atom is -0.481 e. The molecule has 2 unspecified atom stereocenters. The molecule has 0 aliphatic carbocycles. The van der Waals surface area contributed by atoms with E-state index in [1.165, 1.54) is 0 Å². The number of carboxylic acid groups (broad SMARTS) is 1. The predicted molar refractivity (Wildman–Crippen MR) is 71.0 cm³/mol. The van der Waals surface area contributed by atoms with Crippen molar-refractivity contribution >= 4 is 12.1 Å². The highest BCUT2D eigenvalue weighted by atomic mass is 16.6. The van der Waals surface area contributed by atoms with Crippen LogP contribution in [0, 0.1) is 5.92 Å². The van der Waals surface area contributed by atoms with E-state index in [1.54, 1.807) is 20.8 Å². The van der Waals surface area contributed by atoms with E-state index in [0.717, 1.165) is 13.0 Å². The lowest BCUT2D eigenvalue weighted by Gasteiger charge is -2.36. The number of nitrogens with zero attached hydrogens (tertiary/aromatic N) is 1. The number of likely N-dealkylation sites (N-methyl/N-ethyl adjacent to an activating group) is 1. The van der Waals surface area contributed by atoms with Crippen LogP contribution in [0.4, 0.5) is 4.79 Å². The maximum absolute atomic E-state index is 11.8. The van der Waals surface area contributed by atoms with Crippen molar-refractivity contribution in [3.05, 3.63) is 0 Å². The second kappa shape index (κ2) is 6.23. The number of piperidine rings is 1. The van der Waals surface area contributed by atoms with Gasteiger partial charge in [0.25, 0.3) is 0 Å². The van der Waals surface area contributed by atoms with Crippen molar-refractivity contribution in [3.63, 3.8) is 0 Å². The number of carbonyl (C=O) groups is 2. The fraction of sp³-hybridized carbons (Fsp3) is 0.846. The number of carbonyl (C=O) groups excluding carboxylic acids is 1. The number of rotatable bonds is 3. The average Bonchev–Trinajstić information content (AvgIpc) is 2.18. The van der Waals surface area contributed by atoms with Gasteiger partial charge >= 0.3 is 12.1 Å². The van der Waals surface area contributed by atoms with E-state index < -0.39 is 17.7 Å². The quantitative estimate of drug-likeness (QED) is 0.809. The normalized spacial score (nSPS) is 24.8. The summed E-state index contributed by atoms with van der Waals surface area (Å²) < 4.78 is 5.21. The zero-order valence-corrected chi connectivity index (χ0v) is 12.1. The second-order valence-corrected chi connectivity index (χ2v) is 6.16. The van der Waals surface area contributed by atoms with Crippen LogP contribution in [0.2, 0.25) is 0 Å². The zero-order chi connectivity index (χ0) is 14.6. The summed E-state index contributed by atoms with van der Waals surface area (Å²) in [5.41, 5.74) is -0.549. The first-order valence-corrected chi connectivity index (χ1v) is 6.57. The first-order valence-electron chi connectivity index (χ1n) is 6.57. The first kappa shape index (κ1) is 15.8. The minimum absolute atomic E-state index is 0.0405. The molecule has 0 saturated carbocycles. The maximum Gasteiger partial charge on any atom is 0.407 e. The molecule has 1 saturated heterocycles. The number of amides is 1. The minimum atomic E-state index is -0.828. The smallest absolute Gasteiger partial charge is 0.407 e. The number of likely N-dealkylation sites (tertiary alicyclic amines) is 1. The summed E-state index contributed by atoms with van der Waals surface area (Å²) in [6.45, 7) is 6.90. The predicted octanol–water partition coefficient (Wildman–Crippen LogP) is 1.31. The molecule has 1 heterocycles. The number of hydrogen-bond donors (Lipinski definition) is 2. The summed E-state index contributed by atoms with van der Waals surface area (Å²) >= 11 is 0. The number of ether oxygens (including phenoxy) is 1. The van der Waals surface area contributed by atoms with Crippen LogP contribution in [0.15, 0.2) is 0 Å². The highest BCUT2D eigenvalue weighted by Gasteiger charge is 2.31. The molecule has 1 rings (SSSR count). The summed E-state index contributed by atoms with van der Waals surface area (Å²) in [4.78, 5) is 24.7. The van der Waals surface area contributed by atoms with Crippen molar-refractivity contribution in [2.75, 3.05) is 20.1 Å². The van der Waals surface area contributed by atoms with E-state index in [1.807, 2.05) is 7.05 Å². The van der Waals surface area contributed by atoms with Crippen LogP contribution in [-0.2, 0) is 9.53 Å². The van der Waals surface area contributed by atoms with Gasteiger partial charge in [-0.15, -0.1) is 0 Å². The van der Waals surface area contributed by atoms with Crippen LogP contribution >= 0.6 is 0 Å². The molecule has 0 aromatic rings. The van der Waals surface area contributed by atoms with E-state index >= 15 is 0 Å². The number of alkyl carbamates (subject to hydrolysis) is 1. The van der Waals surface area contributed by atoms with Crippen molar-refractivity contribution in [2.24, 2.45) is 5.92 Å². The van der Waals surface area contributed by atoms with Gasteiger partial charge in [0.1, 0.15) is 5.60 Å². The molecule has 1 amide bonds. The molecule has 0 radical (unpaired) electrons. The third-order valence-corrected chi connectivity index (χ3v) is 3.10. The summed E-state index contributed by atoms with van der Waals surface area (Å²) in [5, 5.41) is 11.7. The Balaban J connectivity index is 2.59. The van der Waals surface area contributed by atoms with Gasteiger partial charge in [0.2, 0.25) is 0 Å². The van der Waals surface area contributed by atoms with Crippen LogP contribution in [0.1, 0.15) is 33.6 Å². The number of carboxylic acids is 1. The molecule has 19 heavy (non-hydrogen) atoms. The Labute approximate surface area is 114 Å². The molecule has 1 aliphatic rings. The highest BCUT2D eigenvalue weighted by molar-refractivity contribution is 5.69. The molecule has 1 aliphatic heterocycles. The third-order valence-electron chi connectivity index (χ3n) is 3.10. The van der Waals surface area contributed by atoms with E-state index in [2.05, 4.69) is 10.2 Å². The molecule has 0 bridgehead atoms. The van der Waals surface area contributed by atoms with Crippen molar-refractivity contribution < 1.29 is 19.4 Å². The van der Waals surface area contributed by atoms with E-state index in [4.69, 9.17) is 9.84 Å². The summed E-state index contributed by atoms with van der Waals surface area (Å²) in [6, 6.07) is -0.176. The monoisotopic (exact) mass is 272 g/mol. The summed E-state index contributed by atoms with van der Waals surface area (Å²) in [5.74, 6) is -0.869. The Morgan fingerprint density at radius 2 is 2.05 bits per heavy atom.